The van der Waals surface area contributed by atoms with E-state index in [2.05, 4.69) is 10.3 Å². The van der Waals surface area contributed by atoms with Crippen LogP contribution in [0.3, 0.4) is 0 Å². The fraction of sp³-hybridized carbons (Fsp3) is 0. The van der Waals surface area contributed by atoms with Gasteiger partial charge in [-0.15, -0.1) is 0 Å². The average molecular weight is 274 g/mol. The van der Waals surface area contributed by atoms with E-state index >= 15 is 0 Å². The number of pyridine rings is 1. The number of benzene rings is 1. The van der Waals surface area contributed by atoms with E-state index in [1.54, 1.807) is 0 Å². The summed E-state index contributed by atoms with van der Waals surface area (Å²) in [6.07, 6.45) is 0. The topological polar surface area (TPSA) is 120 Å². The number of hydrogen-bond donors (Lipinski definition) is 4. The lowest BCUT2D eigenvalue weighted by Crippen LogP contribution is -2.14. The first kappa shape index (κ1) is 13.3. The number of rotatable bonds is 3. The molecule has 0 spiro atoms. The van der Waals surface area contributed by atoms with Crippen molar-refractivity contribution in [1.82, 2.24) is 4.98 Å². The van der Waals surface area contributed by atoms with Crippen molar-refractivity contribution in [1.29, 1.82) is 0 Å². The zero-order chi connectivity index (χ0) is 14.7. The quantitative estimate of drug-likeness (QED) is 0.672. The molecule has 0 fully saturated rings. The molecule has 1 aromatic heterocycles. The van der Waals surface area contributed by atoms with Crippen molar-refractivity contribution in [3.8, 4) is 11.5 Å². The summed E-state index contributed by atoms with van der Waals surface area (Å²) in [5.41, 5.74) is -0.275. The van der Waals surface area contributed by atoms with Crippen LogP contribution in [0, 0.1) is 0 Å². The van der Waals surface area contributed by atoms with Gasteiger partial charge in [-0.05, 0) is 24.3 Å². The second-order valence-corrected chi connectivity index (χ2v) is 3.87. The Balaban J connectivity index is 2.23. The number of phenols is 2. The summed E-state index contributed by atoms with van der Waals surface area (Å²) in [4.78, 5) is 26.4. The van der Waals surface area contributed by atoms with E-state index in [-0.39, 0.29) is 22.8 Å². The van der Waals surface area contributed by atoms with Crippen LogP contribution in [0.4, 0.5) is 5.82 Å². The van der Waals surface area contributed by atoms with Crippen molar-refractivity contribution in [3.63, 3.8) is 0 Å². The lowest BCUT2D eigenvalue weighted by atomic mass is 10.2. The number of aromatic carboxylic acids is 1. The van der Waals surface area contributed by atoms with E-state index in [9.17, 15) is 14.7 Å². The zero-order valence-corrected chi connectivity index (χ0v) is 10.1. The Hall–Kier alpha value is -3.09. The highest BCUT2D eigenvalue weighted by Gasteiger charge is 2.13. The molecule has 4 N–H and O–H groups in total. The third-order valence-corrected chi connectivity index (χ3v) is 2.44. The predicted octanol–water partition coefficient (Wildman–Crippen LogP) is 1.44. The van der Waals surface area contributed by atoms with Crippen molar-refractivity contribution >= 4 is 17.7 Å². The van der Waals surface area contributed by atoms with E-state index in [1.165, 1.54) is 30.3 Å². The van der Waals surface area contributed by atoms with Crippen LogP contribution in [-0.2, 0) is 0 Å². The summed E-state index contributed by atoms with van der Waals surface area (Å²) in [7, 11) is 0. The predicted molar refractivity (Wildman–Crippen MR) is 68.9 cm³/mol. The number of phenolic OH excluding ortho intramolecular Hbond substituents is 2. The molecule has 0 aliphatic heterocycles. The number of anilines is 1. The van der Waals surface area contributed by atoms with Crippen LogP contribution in [0.25, 0.3) is 0 Å². The molecule has 0 saturated heterocycles. The molecule has 1 aromatic carbocycles. The number of carbonyl (C=O) groups excluding carboxylic acids is 1. The van der Waals surface area contributed by atoms with Gasteiger partial charge >= 0.3 is 5.97 Å². The number of aromatic hydroxyl groups is 2. The number of aromatic nitrogens is 1. The number of amides is 1. The highest BCUT2D eigenvalue weighted by molar-refractivity contribution is 6.05. The molecule has 7 heteroatoms. The fourth-order valence-electron chi connectivity index (χ4n) is 1.52. The highest BCUT2D eigenvalue weighted by Crippen LogP contribution is 2.23. The number of carboxylic acid groups (broad SMARTS) is 1. The van der Waals surface area contributed by atoms with E-state index in [0.717, 1.165) is 6.07 Å². The van der Waals surface area contributed by atoms with Gasteiger partial charge in [-0.25, -0.2) is 9.78 Å². The standard InChI is InChI=1S/C13H10N2O5/c16-7-4-5-8(10(17)6-7)12(18)15-11-3-1-2-9(14-11)13(19)20/h1-6,16-17H,(H,19,20)(H,14,15,18). The van der Waals surface area contributed by atoms with Gasteiger partial charge in [-0.1, -0.05) is 6.07 Å². The molecule has 7 nitrogen and oxygen atoms in total. The molecule has 2 aromatic rings. The number of nitrogens with one attached hydrogen (secondary N) is 1. The molecule has 0 aliphatic rings. The van der Waals surface area contributed by atoms with Gasteiger partial charge in [0.1, 0.15) is 17.3 Å². The molecular weight excluding hydrogens is 264 g/mol. The molecule has 20 heavy (non-hydrogen) atoms. The van der Waals surface area contributed by atoms with E-state index in [4.69, 9.17) is 10.2 Å². The lowest BCUT2D eigenvalue weighted by Gasteiger charge is -2.07. The van der Waals surface area contributed by atoms with Gasteiger partial charge < -0.3 is 20.6 Å². The normalized spacial score (nSPS) is 10.0. The summed E-state index contributed by atoms with van der Waals surface area (Å²) < 4.78 is 0. The molecule has 0 aliphatic carbocycles. The maximum atomic E-state index is 11.9. The van der Waals surface area contributed by atoms with Crippen molar-refractivity contribution in [2.24, 2.45) is 0 Å². The Morgan fingerprint density at radius 1 is 1.10 bits per heavy atom. The third kappa shape index (κ3) is 2.83. The van der Waals surface area contributed by atoms with Crippen molar-refractivity contribution < 1.29 is 24.9 Å². The van der Waals surface area contributed by atoms with Crippen LogP contribution in [0.2, 0.25) is 0 Å². The van der Waals surface area contributed by atoms with E-state index in [1.807, 2.05) is 0 Å². The molecule has 102 valence electrons. The second kappa shape index (κ2) is 5.27. The van der Waals surface area contributed by atoms with Crippen molar-refractivity contribution in [2.75, 3.05) is 5.32 Å². The Bertz CT molecular complexity index is 684. The van der Waals surface area contributed by atoms with Crippen LogP contribution < -0.4 is 5.32 Å². The molecule has 0 atom stereocenters. The summed E-state index contributed by atoms with van der Waals surface area (Å²) in [5.74, 6) is -2.41. The van der Waals surface area contributed by atoms with Gasteiger partial charge in [-0.2, -0.15) is 0 Å². The first-order valence-electron chi connectivity index (χ1n) is 5.51. The van der Waals surface area contributed by atoms with Crippen LogP contribution in [0.5, 0.6) is 11.5 Å². The largest absolute Gasteiger partial charge is 0.508 e. The number of carbonyl (C=O) groups is 2. The molecule has 0 bridgehead atoms. The lowest BCUT2D eigenvalue weighted by molar-refractivity contribution is 0.0690. The molecule has 0 saturated carbocycles. The first-order chi connectivity index (χ1) is 9.47. The molecular formula is C13H10N2O5. The molecule has 0 unspecified atom stereocenters. The SMILES string of the molecule is O=C(O)c1cccc(NC(=O)c2ccc(O)cc2O)n1. The van der Waals surface area contributed by atoms with Crippen LogP contribution in [0.1, 0.15) is 20.8 Å². The summed E-state index contributed by atoms with van der Waals surface area (Å²) >= 11 is 0. The van der Waals surface area contributed by atoms with Crippen molar-refractivity contribution in [3.05, 3.63) is 47.7 Å². The van der Waals surface area contributed by atoms with Crippen LogP contribution >= 0.6 is 0 Å². The van der Waals surface area contributed by atoms with Gasteiger partial charge in [-0.3, -0.25) is 4.79 Å². The Kier molecular flexibility index (Phi) is 3.52. The monoisotopic (exact) mass is 274 g/mol. The maximum Gasteiger partial charge on any atom is 0.354 e. The first-order valence-corrected chi connectivity index (χ1v) is 5.51. The van der Waals surface area contributed by atoms with Crippen LogP contribution in [-0.4, -0.2) is 32.2 Å². The summed E-state index contributed by atoms with van der Waals surface area (Å²) in [6, 6.07) is 7.65. The minimum absolute atomic E-state index is 0.0439. The number of hydrogen-bond acceptors (Lipinski definition) is 5. The Morgan fingerprint density at radius 3 is 2.50 bits per heavy atom. The Morgan fingerprint density at radius 2 is 1.85 bits per heavy atom. The van der Waals surface area contributed by atoms with Gasteiger partial charge in [0.05, 0.1) is 5.56 Å². The second-order valence-electron chi connectivity index (χ2n) is 3.87. The summed E-state index contributed by atoms with van der Waals surface area (Å²) in [6.45, 7) is 0. The molecule has 1 heterocycles. The average Bonchev–Trinajstić information content (AvgIpc) is 2.38. The maximum absolute atomic E-state index is 11.9. The van der Waals surface area contributed by atoms with Crippen LogP contribution in [0.15, 0.2) is 36.4 Å². The minimum Gasteiger partial charge on any atom is -0.508 e. The number of carboxylic acids is 1. The van der Waals surface area contributed by atoms with Gasteiger partial charge in [0.2, 0.25) is 0 Å². The van der Waals surface area contributed by atoms with Crippen molar-refractivity contribution in [2.45, 2.75) is 0 Å². The van der Waals surface area contributed by atoms with E-state index < -0.39 is 17.6 Å². The molecule has 1 amide bonds. The number of nitrogens with zero attached hydrogens (tertiary/aromatic N) is 1. The fourth-order valence-corrected chi connectivity index (χ4v) is 1.52. The summed E-state index contributed by atoms with van der Waals surface area (Å²) in [5, 5.41) is 29.8. The van der Waals surface area contributed by atoms with Gasteiger partial charge in [0.25, 0.3) is 5.91 Å². The highest BCUT2D eigenvalue weighted by atomic mass is 16.4. The smallest absolute Gasteiger partial charge is 0.354 e. The minimum atomic E-state index is -1.21. The van der Waals surface area contributed by atoms with Gasteiger partial charge in [0.15, 0.2) is 5.69 Å². The molecule has 2 rings (SSSR count). The Labute approximate surface area is 113 Å². The third-order valence-electron chi connectivity index (χ3n) is 2.44. The molecule has 0 radical (unpaired) electrons. The van der Waals surface area contributed by atoms with Gasteiger partial charge in [0, 0.05) is 6.07 Å². The van der Waals surface area contributed by atoms with E-state index in [0.29, 0.717) is 0 Å². The zero-order valence-electron chi connectivity index (χ0n) is 10.1.